The molecular formula is C12H12F3NO. The molecule has 0 aliphatic carbocycles. The molecule has 0 bridgehead atoms. The number of hydrogen-bond donors (Lipinski definition) is 0. The number of benzene rings is 1. The summed E-state index contributed by atoms with van der Waals surface area (Å²) in [5.41, 5.74) is -0.145. The van der Waals surface area contributed by atoms with Crippen LogP contribution in [-0.4, -0.2) is 4.98 Å². The first-order chi connectivity index (χ1) is 7.79. The largest absolute Gasteiger partial charge is 0.440 e. The zero-order valence-electron chi connectivity index (χ0n) is 9.72. The highest BCUT2D eigenvalue weighted by atomic mass is 19.4. The van der Waals surface area contributed by atoms with Crippen LogP contribution in [0.4, 0.5) is 13.2 Å². The van der Waals surface area contributed by atoms with Gasteiger partial charge in [0.05, 0.1) is 0 Å². The number of aromatic nitrogens is 1. The number of halogens is 3. The Labute approximate surface area is 96.4 Å². The van der Waals surface area contributed by atoms with E-state index in [-0.39, 0.29) is 17.0 Å². The van der Waals surface area contributed by atoms with Gasteiger partial charge in [0.15, 0.2) is 11.5 Å². The Kier molecular flexibility index (Phi) is 2.64. The second-order valence-electron chi connectivity index (χ2n) is 4.37. The van der Waals surface area contributed by atoms with Crippen LogP contribution < -0.4 is 0 Å². The molecule has 17 heavy (non-hydrogen) atoms. The minimum absolute atomic E-state index is 0.0382. The predicted octanol–water partition coefficient (Wildman–Crippen LogP) is 4.28. The van der Waals surface area contributed by atoms with Gasteiger partial charge in [-0.3, -0.25) is 0 Å². The lowest BCUT2D eigenvalue weighted by molar-refractivity contribution is -0.136. The van der Waals surface area contributed by atoms with Crippen LogP contribution in [0.5, 0.6) is 0 Å². The zero-order chi connectivity index (χ0) is 12.8. The number of aryl methyl sites for hydroxylation is 1. The molecule has 2 rings (SSSR count). The minimum Gasteiger partial charge on any atom is -0.440 e. The van der Waals surface area contributed by atoms with Crippen LogP contribution in [0.2, 0.25) is 0 Å². The molecule has 0 radical (unpaired) electrons. The van der Waals surface area contributed by atoms with Gasteiger partial charge in [-0.1, -0.05) is 13.8 Å². The number of alkyl halides is 3. The highest BCUT2D eigenvalue weighted by Gasteiger charge is 2.35. The summed E-state index contributed by atoms with van der Waals surface area (Å²) in [5, 5.41) is 0. The monoisotopic (exact) mass is 243 g/mol. The molecule has 5 heteroatoms. The van der Waals surface area contributed by atoms with E-state index in [9.17, 15) is 13.2 Å². The van der Waals surface area contributed by atoms with Gasteiger partial charge >= 0.3 is 6.18 Å². The third-order valence-corrected chi connectivity index (χ3v) is 2.45. The summed E-state index contributed by atoms with van der Waals surface area (Å²) in [6, 6.07) is 2.68. The minimum atomic E-state index is -4.42. The number of rotatable bonds is 1. The van der Waals surface area contributed by atoms with E-state index < -0.39 is 11.7 Å². The van der Waals surface area contributed by atoms with Crippen molar-refractivity contribution in [1.29, 1.82) is 0 Å². The lowest BCUT2D eigenvalue weighted by Gasteiger charge is -2.07. The summed E-state index contributed by atoms with van der Waals surface area (Å²) in [7, 11) is 0. The fourth-order valence-corrected chi connectivity index (χ4v) is 1.65. The predicted molar refractivity (Wildman–Crippen MR) is 57.8 cm³/mol. The molecule has 0 aliphatic heterocycles. The Morgan fingerprint density at radius 2 is 1.88 bits per heavy atom. The van der Waals surface area contributed by atoms with E-state index >= 15 is 0 Å². The Bertz CT molecular complexity index is 555. The molecule has 0 N–H and O–H groups in total. The van der Waals surface area contributed by atoms with Crippen molar-refractivity contribution in [3.8, 4) is 0 Å². The molecule has 0 saturated carbocycles. The SMILES string of the molecule is Cc1cc(C(F)(F)F)c2oc(C(C)C)nc2c1. The summed E-state index contributed by atoms with van der Waals surface area (Å²) >= 11 is 0. The number of fused-ring (bicyclic) bond motifs is 1. The number of hydrogen-bond acceptors (Lipinski definition) is 2. The highest BCUT2D eigenvalue weighted by Crippen LogP contribution is 2.36. The normalized spacial score (nSPS) is 12.6. The van der Waals surface area contributed by atoms with E-state index in [2.05, 4.69) is 4.98 Å². The van der Waals surface area contributed by atoms with Crippen molar-refractivity contribution < 1.29 is 17.6 Å². The van der Waals surface area contributed by atoms with Crippen molar-refractivity contribution in [2.24, 2.45) is 0 Å². The van der Waals surface area contributed by atoms with Crippen LogP contribution in [-0.2, 0) is 6.18 Å². The molecule has 0 spiro atoms. The molecule has 2 nitrogen and oxygen atoms in total. The molecule has 1 aromatic heterocycles. The maximum absolute atomic E-state index is 12.8. The summed E-state index contributed by atoms with van der Waals surface area (Å²) in [6.45, 7) is 5.26. The second-order valence-corrected chi connectivity index (χ2v) is 4.37. The zero-order valence-corrected chi connectivity index (χ0v) is 9.72. The fraction of sp³-hybridized carbons (Fsp3) is 0.417. The Hall–Kier alpha value is -1.52. The Morgan fingerprint density at radius 3 is 2.41 bits per heavy atom. The first-order valence-electron chi connectivity index (χ1n) is 5.27. The maximum atomic E-state index is 12.8. The van der Waals surface area contributed by atoms with Gasteiger partial charge < -0.3 is 4.42 Å². The number of oxazole rings is 1. The summed E-state index contributed by atoms with van der Waals surface area (Å²) in [4.78, 5) is 4.08. The molecule has 0 aliphatic rings. The quantitative estimate of drug-likeness (QED) is 0.747. The molecule has 0 atom stereocenters. The average molecular weight is 243 g/mol. The van der Waals surface area contributed by atoms with E-state index in [1.54, 1.807) is 13.0 Å². The van der Waals surface area contributed by atoms with Crippen LogP contribution in [0.25, 0.3) is 11.1 Å². The van der Waals surface area contributed by atoms with Gasteiger partial charge in [0.25, 0.3) is 0 Å². The van der Waals surface area contributed by atoms with Gasteiger partial charge in [-0.15, -0.1) is 0 Å². The van der Waals surface area contributed by atoms with Gasteiger partial charge in [0.2, 0.25) is 0 Å². The van der Waals surface area contributed by atoms with E-state index in [4.69, 9.17) is 4.42 Å². The van der Waals surface area contributed by atoms with E-state index in [0.29, 0.717) is 11.5 Å². The average Bonchev–Trinajstić information content (AvgIpc) is 2.58. The third kappa shape index (κ3) is 2.14. The van der Waals surface area contributed by atoms with Gasteiger partial charge in [0.1, 0.15) is 11.1 Å². The van der Waals surface area contributed by atoms with Crippen molar-refractivity contribution in [2.75, 3.05) is 0 Å². The number of nitrogens with zero attached hydrogens (tertiary/aromatic N) is 1. The van der Waals surface area contributed by atoms with Crippen LogP contribution >= 0.6 is 0 Å². The topological polar surface area (TPSA) is 26.0 Å². The molecule has 0 saturated heterocycles. The van der Waals surface area contributed by atoms with Crippen molar-refractivity contribution in [1.82, 2.24) is 4.98 Å². The highest BCUT2D eigenvalue weighted by molar-refractivity contribution is 5.78. The Morgan fingerprint density at radius 1 is 1.24 bits per heavy atom. The summed E-state index contributed by atoms with van der Waals surface area (Å²) in [6.07, 6.45) is -4.42. The van der Waals surface area contributed by atoms with Crippen LogP contribution in [0.15, 0.2) is 16.5 Å². The van der Waals surface area contributed by atoms with Gasteiger partial charge in [-0.2, -0.15) is 13.2 Å². The van der Waals surface area contributed by atoms with E-state index in [0.717, 1.165) is 6.07 Å². The smallest absolute Gasteiger partial charge is 0.420 e. The first-order valence-corrected chi connectivity index (χ1v) is 5.27. The fourth-order valence-electron chi connectivity index (χ4n) is 1.65. The van der Waals surface area contributed by atoms with Crippen LogP contribution in [0, 0.1) is 6.92 Å². The molecule has 0 unspecified atom stereocenters. The van der Waals surface area contributed by atoms with Gasteiger partial charge in [-0.05, 0) is 24.6 Å². The molecule has 0 fully saturated rings. The molecule has 92 valence electrons. The van der Waals surface area contributed by atoms with E-state index in [1.807, 2.05) is 13.8 Å². The van der Waals surface area contributed by atoms with Gasteiger partial charge in [0, 0.05) is 5.92 Å². The van der Waals surface area contributed by atoms with Crippen molar-refractivity contribution in [3.05, 3.63) is 29.2 Å². The molecule has 0 amide bonds. The summed E-state index contributed by atoms with van der Waals surface area (Å²) in [5.74, 6) is 0.292. The molecule has 1 heterocycles. The first kappa shape index (κ1) is 12.0. The van der Waals surface area contributed by atoms with Crippen molar-refractivity contribution in [3.63, 3.8) is 0 Å². The van der Waals surface area contributed by atoms with Crippen LogP contribution in [0.1, 0.15) is 36.8 Å². The summed E-state index contributed by atoms with van der Waals surface area (Å²) < 4.78 is 43.7. The van der Waals surface area contributed by atoms with E-state index in [1.165, 1.54) is 0 Å². The van der Waals surface area contributed by atoms with Crippen molar-refractivity contribution in [2.45, 2.75) is 32.9 Å². The lowest BCUT2D eigenvalue weighted by atomic mass is 10.1. The third-order valence-electron chi connectivity index (χ3n) is 2.45. The van der Waals surface area contributed by atoms with Gasteiger partial charge in [-0.25, -0.2) is 4.98 Å². The van der Waals surface area contributed by atoms with Crippen molar-refractivity contribution >= 4 is 11.1 Å². The molecular weight excluding hydrogens is 231 g/mol. The maximum Gasteiger partial charge on any atom is 0.420 e. The molecule has 2 aromatic rings. The van der Waals surface area contributed by atoms with Crippen LogP contribution in [0.3, 0.4) is 0 Å². The molecule has 1 aromatic carbocycles. The standard InChI is InChI=1S/C12H12F3NO/c1-6(2)11-16-9-5-7(3)4-8(10(9)17-11)12(13,14)15/h4-6H,1-3H3. The Balaban J connectivity index is 2.75. The second kappa shape index (κ2) is 3.75. The lowest BCUT2D eigenvalue weighted by Crippen LogP contribution is -2.05.